The maximum Gasteiger partial charge on any atom is 0.248 e. The lowest BCUT2D eigenvalue weighted by Crippen LogP contribution is -2.27. The van der Waals surface area contributed by atoms with Crippen LogP contribution in [0.3, 0.4) is 0 Å². The van der Waals surface area contributed by atoms with Crippen LogP contribution >= 0.6 is 0 Å². The number of nitrogens with zero attached hydrogens (tertiary/aromatic N) is 1. The van der Waals surface area contributed by atoms with Crippen molar-refractivity contribution in [3.8, 4) is 0 Å². The molecular weight excluding hydrogens is 340 g/mol. The Kier molecular flexibility index (Phi) is 5.06. The first kappa shape index (κ1) is 17.4. The van der Waals surface area contributed by atoms with Gasteiger partial charge in [0.15, 0.2) is 0 Å². The van der Waals surface area contributed by atoms with Crippen LogP contribution < -0.4 is 5.32 Å². The number of anilines is 1. The number of rotatable bonds is 5. The molecule has 0 bridgehead atoms. The van der Waals surface area contributed by atoms with Gasteiger partial charge in [-0.25, -0.2) is 8.42 Å². The summed E-state index contributed by atoms with van der Waals surface area (Å²) in [7, 11) is -3.43. The van der Waals surface area contributed by atoms with Crippen molar-refractivity contribution in [2.45, 2.75) is 24.7 Å². The summed E-state index contributed by atoms with van der Waals surface area (Å²) in [6.07, 6.45) is 4.74. The fourth-order valence-electron chi connectivity index (χ4n) is 2.67. The molecule has 2 heterocycles. The molecule has 0 spiro atoms. The summed E-state index contributed by atoms with van der Waals surface area (Å²) < 4.78 is 31.7. The Bertz CT molecular complexity index is 876. The largest absolute Gasteiger partial charge is 0.462 e. The molecule has 25 heavy (non-hydrogen) atoms. The van der Waals surface area contributed by atoms with E-state index in [1.165, 1.54) is 22.5 Å². The highest BCUT2D eigenvalue weighted by Crippen LogP contribution is 2.22. The first-order valence-corrected chi connectivity index (χ1v) is 9.55. The highest BCUT2D eigenvalue weighted by Gasteiger charge is 2.26. The van der Waals surface area contributed by atoms with E-state index < -0.39 is 10.0 Å². The van der Waals surface area contributed by atoms with Gasteiger partial charge in [0.05, 0.1) is 4.90 Å². The van der Waals surface area contributed by atoms with Crippen molar-refractivity contribution in [2.24, 2.45) is 0 Å². The number of furan rings is 1. The van der Waals surface area contributed by atoms with Gasteiger partial charge in [0, 0.05) is 24.9 Å². The fraction of sp³-hybridized carbons (Fsp3) is 0.278. The molecule has 1 aliphatic rings. The fourth-order valence-corrected chi connectivity index (χ4v) is 4.19. The molecule has 1 aliphatic heterocycles. The third-order valence-electron chi connectivity index (χ3n) is 3.98. The second kappa shape index (κ2) is 7.25. The minimum absolute atomic E-state index is 0.244. The van der Waals surface area contributed by atoms with Gasteiger partial charge < -0.3 is 9.73 Å². The van der Waals surface area contributed by atoms with Crippen LogP contribution in [0.15, 0.2) is 51.8 Å². The van der Waals surface area contributed by atoms with Crippen LogP contribution in [0.25, 0.3) is 6.08 Å². The van der Waals surface area contributed by atoms with Crippen LogP contribution in [-0.2, 0) is 14.8 Å². The number of carbonyl (C=O) groups is 1. The van der Waals surface area contributed by atoms with Gasteiger partial charge in [-0.2, -0.15) is 4.31 Å². The zero-order valence-electron chi connectivity index (χ0n) is 13.9. The monoisotopic (exact) mass is 360 g/mol. The molecule has 0 saturated carbocycles. The van der Waals surface area contributed by atoms with E-state index in [0.717, 1.165) is 18.6 Å². The number of amides is 1. The molecule has 2 aromatic rings. The smallest absolute Gasteiger partial charge is 0.248 e. The third kappa shape index (κ3) is 4.18. The molecule has 0 atom stereocenters. The SMILES string of the molecule is Cc1ccc(/C=C\C(=O)Nc2ccc(S(=O)(=O)N3CCCC3)cc2)o1. The summed E-state index contributed by atoms with van der Waals surface area (Å²) in [6, 6.07) is 9.80. The lowest BCUT2D eigenvalue weighted by molar-refractivity contribution is -0.111. The summed E-state index contributed by atoms with van der Waals surface area (Å²) in [5.74, 6) is 1.05. The van der Waals surface area contributed by atoms with Crippen molar-refractivity contribution in [3.63, 3.8) is 0 Å². The highest BCUT2D eigenvalue weighted by molar-refractivity contribution is 7.89. The number of benzene rings is 1. The van der Waals surface area contributed by atoms with Crippen LogP contribution in [0.5, 0.6) is 0 Å². The van der Waals surface area contributed by atoms with Crippen LogP contribution in [0.4, 0.5) is 5.69 Å². The number of carbonyl (C=O) groups excluding carboxylic acids is 1. The Labute approximate surface area is 147 Å². The Morgan fingerprint density at radius 1 is 1.12 bits per heavy atom. The first-order chi connectivity index (χ1) is 11.9. The Morgan fingerprint density at radius 3 is 2.40 bits per heavy atom. The Morgan fingerprint density at radius 2 is 1.80 bits per heavy atom. The minimum Gasteiger partial charge on any atom is -0.462 e. The number of hydrogen-bond acceptors (Lipinski definition) is 4. The van der Waals surface area contributed by atoms with Crippen LogP contribution in [0.1, 0.15) is 24.4 Å². The highest BCUT2D eigenvalue weighted by atomic mass is 32.2. The standard InChI is InChI=1S/C18H20N2O4S/c1-14-4-7-16(24-14)8-11-18(21)19-15-5-9-17(10-6-15)25(22,23)20-12-2-3-13-20/h4-11H,2-3,12-13H2,1H3,(H,19,21)/b11-8-. The van der Waals surface area contributed by atoms with E-state index in [-0.39, 0.29) is 10.8 Å². The van der Waals surface area contributed by atoms with Gasteiger partial charge in [0.1, 0.15) is 11.5 Å². The van der Waals surface area contributed by atoms with E-state index >= 15 is 0 Å². The molecule has 1 aromatic heterocycles. The number of nitrogens with one attached hydrogen (secondary N) is 1. The van der Waals surface area contributed by atoms with Gasteiger partial charge in [-0.1, -0.05) is 0 Å². The summed E-state index contributed by atoms with van der Waals surface area (Å²) >= 11 is 0. The van der Waals surface area contributed by atoms with Gasteiger partial charge in [-0.15, -0.1) is 0 Å². The van der Waals surface area contributed by atoms with E-state index in [2.05, 4.69) is 5.32 Å². The molecule has 1 aromatic carbocycles. The van der Waals surface area contributed by atoms with Gasteiger partial charge in [0.25, 0.3) is 0 Å². The average molecular weight is 360 g/mol. The molecule has 0 unspecified atom stereocenters. The summed E-state index contributed by atoms with van der Waals surface area (Å²) in [5.41, 5.74) is 0.533. The zero-order valence-corrected chi connectivity index (χ0v) is 14.8. The molecule has 7 heteroatoms. The summed E-state index contributed by atoms with van der Waals surface area (Å²) in [6.45, 7) is 2.96. The molecule has 1 saturated heterocycles. The molecular formula is C18H20N2O4S. The Balaban J connectivity index is 1.64. The van der Waals surface area contributed by atoms with E-state index in [9.17, 15) is 13.2 Å². The number of sulfonamides is 1. The third-order valence-corrected chi connectivity index (χ3v) is 5.90. The minimum atomic E-state index is -3.43. The number of aryl methyl sites for hydroxylation is 1. The van der Waals surface area contributed by atoms with Crippen molar-refractivity contribution in [1.82, 2.24) is 4.31 Å². The summed E-state index contributed by atoms with van der Waals surface area (Å²) in [5, 5.41) is 2.69. The van der Waals surface area contributed by atoms with Crippen LogP contribution in [-0.4, -0.2) is 31.7 Å². The maximum absolute atomic E-state index is 12.4. The number of hydrogen-bond donors (Lipinski definition) is 1. The molecule has 0 aliphatic carbocycles. The molecule has 1 fully saturated rings. The van der Waals surface area contributed by atoms with Crippen molar-refractivity contribution < 1.29 is 17.6 Å². The van der Waals surface area contributed by atoms with Crippen molar-refractivity contribution in [2.75, 3.05) is 18.4 Å². The van der Waals surface area contributed by atoms with Gasteiger partial charge >= 0.3 is 0 Å². The molecule has 0 radical (unpaired) electrons. The lowest BCUT2D eigenvalue weighted by atomic mass is 10.3. The maximum atomic E-state index is 12.4. The second-order valence-electron chi connectivity index (χ2n) is 5.91. The molecule has 3 rings (SSSR count). The topological polar surface area (TPSA) is 79.6 Å². The molecule has 1 amide bonds. The van der Waals surface area contributed by atoms with Crippen molar-refractivity contribution in [3.05, 3.63) is 54.0 Å². The van der Waals surface area contributed by atoms with E-state index in [1.807, 2.05) is 13.0 Å². The van der Waals surface area contributed by atoms with Crippen LogP contribution in [0.2, 0.25) is 0 Å². The predicted molar refractivity (Wildman–Crippen MR) is 95.5 cm³/mol. The van der Waals surface area contributed by atoms with Crippen molar-refractivity contribution in [1.29, 1.82) is 0 Å². The van der Waals surface area contributed by atoms with E-state index in [4.69, 9.17) is 4.42 Å². The average Bonchev–Trinajstić information content (AvgIpc) is 3.25. The molecule has 6 nitrogen and oxygen atoms in total. The summed E-state index contributed by atoms with van der Waals surface area (Å²) in [4.78, 5) is 12.2. The van der Waals surface area contributed by atoms with E-state index in [1.54, 1.807) is 24.3 Å². The van der Waals surface area contributed by atoms with Crippen LogP contribution in [0, 0.1) is 6.92 Å². The predicted octanol–water partition coefficient (Wildman–Crippen LogP) is 3.02. The van der Waals surface area contributed by atoms with Gasteiger partial charge in [0.2, 0.25) is 15.9 Å². The quantitative estimate of drug-likeness (QED) is 0.831. The van der Waals surface area contributed by atoms with E-state index in [0.29, 0.717) is 24.5 Å². The van der Waals surface area contributed by atoms with Crippen molar-refractivity contribution >= 4 is 27.7 Å². The zero-order chi connectivity index (χ0) is 17.9. The molecule has 132 valence electrons. The molecule has 1 N–H and O–H groups in total. The second-order valence-corrected chi connectivity index (χ2v) is 7.84. The normalized spacial score (nSPS) is 15.7. The van der Waals surface area contributed by atoms with Gasteiger partial charge in [-0.05, 0) is 62.2 Å². The Hall–Kier alpha value is -2.38. The lowest BCUT2D eigenvalue weighted by Gasteiger charge is -2.15. The first-order valence-electron chi connectivity index (χ1n) is 8.11. The van der Waals surface area contributed by atoms with Gasteiger partial charge in [-0.3, -0.25) is 4.79 Å².